The lowest BCUT2D eigenvalue weighted by atomic mass is 9.80. The maximum absolute atomic E-state index is 12.7. The van der Waals surface area contributed by atoms with Crippen molar-refractivity contribution in [2.24, 2.45) is 5.92 Å². The van der Waals surface area contributed by atoms with Crippen molar-refractivity contribution in [3.63, 3.8) is 0 Å². The van der Waals surface area contributed by atoms with Crippen molar-refractivity contribution in [2.75, 3.05) is 26.3 Å². The van der Waals surface area contributed by atoms with E-state index in [1.54, 1.807) is 0 Å². The van der Waals surface area contributed by atoms with Gasteiger partial charge in [-0.1, -0.05) is 49.6 Å². The summed E-state index contributed by atoms with van der Waals surface area (Å²) in [6, 6.07) is 9.00. The smallest absolute Gasteiger partial charge is 0.223 e. The SMILES string of the molecule is O=C(CC1C=CSC1c1ccccc1C1CCCCC1)N1CCOCC1. The number of benzene rings is 1. The van der Waals surface area contributed by atoms with E-state index in [1.165, 1.54) is 43.2 Å². The molecule has 1 aromatic rings. The van der Waals surface area contributed by atoms with Crippen molar-refractivity contribution >= 4 is 17.7 Å². The molecule has 4 heteroatoms. The predicted molar refractivity (Wildman–Crippen MR) is 107 cm³/mol. The maximum Gasteiger partial charge on any atom is 0.223 e. The summed E-state index contributed by atoms with van der Waals surface area (Å²) in [4.78, 5) is 14.7. The highest BCUT2D eigenvalue weighted by atomic mass is 32.2. The van der Waals surface area contributed by atoms with Gasteiger partial charge in [0.15, 0.2) is 0 Å². The lowest BCUT2D eigenvalue weighted by Crippen LogP contribution is -2.41. The summed E-state index contributed by atoms with van der Waals surface area (Å²) in [5, 5.41) is 2.60. The topological polar surface area (TPSA) is 29.5 Å². The third-order valence-electron chi connectivity index (χ3n) is 6.06. The number of thioether (sulfide) groups is 1. The van der Waals surface area contributed by atoms with Crippen molar-refractivity contribution in [3.8, 4) is 0 Å². The maximum atomic E-state index is 12.7. The van der Waals surface area contributed by atoms with E-state index in [2.05, 4.69) is 35.7 Å². The fraction of sp³-hybridized carbons (Fsp3) is 0.591. The first-order chi connectivity index (χ1) is 12.8. The summed E-state index contributed by atoms with van der Waals surface area (Å²) in [6.45, 7) is 2.83. The second-order valence-electron chi connectivity index (χ2n) is 7.71. The highest BCUT2D eigenvalue weighted by molar-refractivity contribution is 8.02. The Morgan fingerprint density at radius 3 is 2.58 bits per heavy atom. The first-order valence-electron chi connectivity index (χ1n) is 10.1. The molecule has 26 heavy (non-hydrogen) atoms. The Labute approximate surface area is 161 Å². The van der Waals surface area contributed by atoms with E-state index in [0.717, 1.165) is 13.1 Å². The number of amides is 1. The molecule has 1 aromatic carbocycles. The van der Waals surface area contributed by atoms with Crippen LogP contribution in [0.15, 0.2) is 35.7 Å². The van der Waals surface area contributed by atoms with Gasteiger partial charge < -0.3 is 9.64 Å². The van der Waals surface area contributed by atoms with Gasteiger partial charge in [0.2, 0.25) is 5.91 Å². The van der Waals surface area contributed by atoms with E-state index >= 15 is 0 Å². The number of rotatable bonds is 4. The van der Waals surface area contributed by atoms with E-state index in [9.17, 15) is 4.79 Å². The van der Waals surface area contributed by atoms with Gasteiger partial charge in [-0.05, 0) is 35.3 Å². The van der Waals surface area contributed by atoms with E-state index in [1.807, 2.05) is 16.7 Å². The lowest BCUT2D eigenvalue weighted by Gasteiger charge is -2.30. The molecule has 1 amide bonds. The minimum atomic E-state index is 0.283. The Kier molecular flexibility index (Phi) is 6.01. The number of hydrogen-bond donors (Lipinski definition) is 0. The molecule has 2 unspecified atom stereocenters. The van der Waals surface area contributed by atoms with Gasteiger partial charge in [-0.15, -0.1) is 11.8 Å². The molecule has 0 aromatic heterocycles. The first-order valence-corrected chi connectivity index (χ1v) is 11.0. The summed E-state index contributed by atoms with van der Waals surface area (Å²) >= 11 is 1.89. The Balaban J connectivity index is 1.49. The molecule has 3 aliphatic rings. The van der Waals surface area contributed by atoms with Crippen LogP contribution in [0.1, 0.15) is 60.8 Å². The molecule has 0 bridgehead atoms. The largest absolute Gasteiger partial charge is 0.378 e. The number of nitrogens with zero attached hydrogens (tertiary/aromatic N) is 1. The molecule has 2 aliphatic heterocycles. The highest BCUT2D eigenvalue weighted by Gasteiger charge is 2.32. The van der Waals surface area contributed by atoms with Crippen LogP contribution in [0.4, 0.5) is 0 Å². The van der Waals surface area contributed by atoms with Gasteiger partial charge in [-0.25, -0.2) is 0 Å². The number of carbonyl (C=O) groups excluding carboxylic acids is 1. The molecule has 0 spiro atoms. The normalized spacial score (nSPS) is 27.0. The van der Waals surface area contributed by atoms with Gasteiger partial charge in [-0.2, -0.15) is 0 Å². The molecule has 140 valence electrons. The summed E-state index contributed by atoms with van der Waals surface area (Å²) in [5.41, 5.74) is 3.01. The molecular formula is C22H29NO2S. The van der Waals surface area contributed by atoms with Gasteiger partial charge in [0, 0.05) is 30.7 Å². The number of ether oxygens (including phenoxy) is 1. The zero-order valence-electron chi connectivity index (χ0n) is 15.4. The molecule has 3 nitrogen and oxygen atoms in total. The molecular weight excluding hydrogens is 342 g/mol. The van der Waals surface area contributed by atoms with Crippen molar-refractivity contribution in [3.05, 3.63) is 46.9 Å². The molecule has 2 atom stereocenters. The lowest BCUT2D eigenvalue weighted by molar-refractivity contribution is -0.135. The Morgan fingerprint density at radius 2 is 1.81 bits per heavy atom. The van der Waals surface area contributed by atoms with Crippen LogP contribution in [0.2, 0.25) is 0 Å². The van der Waals surface area contributed by atoms with Gasteiger partial charge in [0.1, 0.15) is 0 Å². The van der Waals surface area contributed by atoms with E-state index < -0.39 is 0 Å². The van der Waals surface area contributed by atoms with Crippen LogP contribution < -0.4 is 0 Å². The van der Waals surface area contributed by atoms with Crippen LogP contribution in [-0.2, 0) is 9.53 Å². The quantitative estimate of drug-likeness (QED) is 0.754. The van der Waals surface area contributed by atoms with Crippen molar-refractivity contribution in [1.29, 1.82) is 0 Å². The summed E-state index contributed by atoms with van der Waals surface area (Å²) in [5.74, 6) is 1.29. The van der Waals surface area contributed by atoms with Crippen LogP contribution in [0.3, 0.4) is 0 Å². The summed E-state index contributed by atoms with van der Waals surface area (Å²) in [7, 11) is 0. The van der Waals surface area contributed by atoms with E-state index in [4.69, 9.17) is 4.74 Å². The molecule has 1 saturated heterocycles. The zero-order valence-corrected chi connectivity index (χ0v) is 16.3. The Bertz CT molecular complexity index is 647. The fourth-order valence-corrected chi connectivity index (χ4v) is 5.82. The van der Waals surface area contributed by atoms with Crippen LogP contribution in [0.5, 0.6) is 0 Å². The third-order valence-corrected chi connectivity index (χ3v) is 7.27. The number of allylic oxidation sites excluding steroid dienone is 1. The van der Waals surface area contributed by atoms with Gasteiger partial charge in [0.05, 0.1) is 13.2 Å². The first kappa shape index (κ1) is 18.1. The number of carbonyl (C=O) groups is 1. The Hall–Kier alpha value is -1.26. The monoisotopic (exact) mass is 371 g/mol. The summed E-state index contributed by atoms with van der Waals surface area (Å²) in [6.07, 6.45) is 9.61. The van der Waals surface area contributed by atoms with Gasteiger partial charge in [-0.3, -0.25) is 4.79 Å². The molecule has 0 N–H and O–H groups in total. The zero-order chi connectivity index (χ0) is 17.8. The number of hydrogen-bond acceptors (Lipinski definition) is 3. The van der Waals surface area contributed by atoms with Gasteiger partial charge >= 0.3 is 0 Å². The summed E-state index contributed by atoms with van der Waals surface area (Å²) < 4.78 is 5.38. The van der Waals surface area contributed by atoms with Crippen LogP contribution in [0, 0.1) is 5.92 Å². The van der Waals surface area contributed by atoms with E-state index in [0.29, 0.717) is 36.7 Å². The molecule has 4 rings (SSSR count). The third kappa shape index (κ3) is 4.01. The molecule has 2 heterocycles. The highest BCUT2D eigenvalue weighted by Crippen LogP contribution is 2.48. The number of morpholine rings is 1. The second kappa shape index (κ2) is 8.62. The van der Waals surface area contributed by atoms with Crippen LogP contribution in [0.25, 0.3) is 0 Å². The average Bonchev–Trinajstić information content (AvgIpc) is 3.17. The van der Waals surface area contributed by atoms with Gasteiger partial charge in [0.25, 0.3) is 0 Å². The second-order valence-corrected chi connectivity index (χ2v) is 8.76. The van der Waals surface area contributed by atoms with Crippen LogP contribution in [-0.4, -0.2) is 37.1 Å². The molecule has 1 saturated carbocycles. The van der Waals surface area contributed by atoms with Crippen LogP contribution >= 0.6 is 11.8 Å². The van der Waals surface area contributed by atoms with Crippen molar-refractivity contribution in [1.82, 2.24) is 4.90 Å². The molecule has 0 radical (unpaired) electrons. The average molecular weight is 372 g/mol. The predicted octanol–water partition coefficient (Wildman–Crippen LogP) is 4.90. The molecule has 2 fully saturated rings. The standard InChI is InChI=1S/C22H29NO2S/c24-21(23-11-13-25-14-12-23)16-18-10-15-26-22(18)20-9-5-4-8-19(20)17-6-2-1-3-7-17/h4-5,8-10,15,17-18,22H,1-3,6-7,11-14,16H2. The molecule has 1 aliphatic carbocycles. The Morgan fingerprint density at radius 1 is 1.08 bits per heavy atom. The minimum Gasteiger partial charge on any atom is -0.378 e. The minimum absolute atomic E-state index is 0.283. The van der Waals surface area contributed by atoms with E-state index in [-0.39, 0.29) is 5.91 Å². The fourth-order valence-electron chi connectivity index (χ4n) is 4.61. The van der Waals surface area contributed by atoms with Crippen molar-refractivity contribution < 1.29 is 9.53 Å². The van der Waals surface area contributed by atoms with Crippen molar-refractivity contribution in [2.45, 2.75) is 49.7 Å².